The van der Waals surface area contributed by atoms with Crippen molar-refractivity contribution >= 4 is 5.69 Å². The van der Waals surface area contributed by atoms with Crippen molar-refractivity contribution in [2.75, 3.05) is 46.4 Å². The molecule has 1 saturated carbocycles. The number of methoxy groups -OCH3 is 4. The van der Waals surface area contributed by atoms with E-state index in [-0.39, 0.29) is 0 Å². The van der Waals surface area contributed by atoms with Gasteiger partial charge in [-0.2, -0.15) is 0 Å². The summed E-state index contributed by atoms with van der Waals surface area (Å²) >= 11 is 0. The predicted octanol–water partition coefficient (Wildman–Crippen LogP) is 10.4. The first-order valence-electron chi connectivity index (χ1n) is 20.4. The second-order valence-corrected chi connectivity index (χ2v) is 15.4. The minimum atomic E-state index is 0.417. The first kappa shape index (κ1) is 39.2. The summed E-state index contributed by atoms with van der Waals surface area (Å²) in [5, 5.41) is 0. The normalized spacial score (nSPS) is 15.0. The van der Waals surface area contributed by atoms with E-state index in [4.69, 9.17) is 28.9 Å². The van der Waals surface area contributed by atoms with Gasteiger partial charge in [0.25, 0.3) is 0 Å². The van der Waals surface area contributed by atoms with Crippen LogP contribution in [-0.2, 0) is 19.5 Å². The van der Waals surface area contributed by atoms with Crippen LogP contribution in [0.2, 0.25) is 0 Å². The largest absolute Gasteiger partial charge is 0.496 e. The molecule has 0 unspecified atom stereocenters. The number of ether oxygens (including phenoxy) is 4. The van der Waals surface area contributed by atoms with E-state index >= 15 is 0 Å². The quantitative estimate of drug-likeness (QED) is 0.0986. The molecule has 1 saturated heterocycles. The van der Waals surface area contributed by atoms with Gasteiger partial charge < -0.3 is 23.8 Å². The highest BCUT2D eigenvalue weighted by atomic mass is 16.5. The average Bonchev–Trinajstić information content (AvgIpc) is 3.22. The lowest BCUT2D eigenvalue weighted by atomic mass is 9.77. The number of anilines is 1. The molecular weight excluding hydrogens is 697 g/mol. The molecule has 2 fully saturated rings. The molecule has 0 atom stereocenters. The zero-order chi connectivity index (χ0) is 39.0. The van der Waals surface area contributed by atoms with Gasteiger partial charge in [0.1, 0.15) is 5.75 Å². The van der Waals surface area contributed by atoms with Crippen molar-refractivity contribution in [3.8, 4) is 45.5 Å². The van der Waals surface area contributed by atoms with E-state index in [9.17, 15) is 0 Å². The third-order valence-corrected chi connectivity index (χ3v) is 11.9. The van der Waals surface area contributed by atoms with Gasteiger partial charge in [-0.05, 0) is 134 Å². The van der Waals surface area contributed by atoms with Crippen molar-refractivity contribution < 1.29 is 18.9 Å². The monoisotopic (exact) mass is 754 g/mol. The van der Waals surface area contributed by atoms with Crippen LogP contribution in [0.25, 0.3) is 22.5 Å². The summed E-state index contributed by atoms with van der Waals surface area (Å²) in [6.45, 7) is 8.23. The van der Waals surface area contributed by atoms with Crippen molar-refractivity contribution in [2.24, 2.45) is 0 Å². The fourth-order valence-corrected chi connectivity index (χ4v) is 8.37. The predicted molar refractivity (Wildman–Crippen MR) is 226 cm³/mol. The van der Waals surface area contributed by atoms with Gasteiger partial charge in [-0.25, -0.2) is 0 Å². The molecule has 3 aromatic carbocycles. The summed E-state index contributed by atoms with van der Waals surface area (Å²) in [7, 11) is 6.67. The summed E-state index contributed by atoms with van der Waals surface area (Å²) in [4.78, 5) is 14.9. The molecule has 0 N–H and O–H groups in total. The summed E-state index contributed by atoms with van der Waals surface area (Å²) in [6.07, 6.45) is 13.5. The molecule has 1 aliphatic heterocycles. The van der Waals surface area contributed by atoms with Crippen LogP contribution in [-0.4, -0.2) is 62.4 Å². The van der Waals surface area contributed by atoms with Crippen molar-refractivity contribution in [1.29, 1.82) is 0 Å². The third kappa shape index (κ3) is 8.81. The number of hydrogen-bond donors (Lipinski definition) is 0. The highest BCUT2D eigenvalue weighted by Crippen LogP contribution is 2.43. The van der Waals surface area contributed by atoms with E-state index in [1.165, 1.54) is 65.6 Å². The number of nitrogens with zero attached hydrogens (tertiary/aromatic N) is 4. The van der Waals surface area contributed by atoms with Crippen molar-refractivity contribution in [2.45, 2.75) is 90.3 Å². The molecule has 0 spiro atoms. The second kappa shape index (κ2) is 18.2. The van der Waals surface area contributed by atoms with E-state index < -0.39 is 0 Å². The Morgan fingerprint density at radius 1 is 0.696 bits per heavy atom. The fraction of sp³-hybridized carbons (Fsp3) is 0.417. The van der Waals surface area contributed by atoms with Gasteiger partial charge in [0.15, 0.2) is 11.5 Å². The molecule has 0 radical (unpaired) electrons. The lowest BCUT2D eigenvalue weighted by Crippen LogP contribution is -2.44. The van der Waals surface area contributed by atoms with Gasteiger partial charge in [0.2, 0.25) is 5.75 Å². The highest BCUT2D eigenvalue weighted by Gasteiger charge is 2.27. The Morgan fingerprint density at radius 2 is 1.38 bits per heavy atom. The zero-order valence-corrected chi connectivity index (χ0v) is 34.1. The maximum absolute atomic E-state index is 5.83. The standard InChI is InChI=1S/C48H58N4O4/c1-7-8-10-34-13-16-40(17-14-34)52(32-36-15-18-43(50-30-36)39-28-46(54-4)48(56-6)47(29-39)55-5)41-20-23-51(24-21-41)31-35-19-22-49-44(25-35)38-26-42(37-11-9-12-37)33(2)45(27-38)53-3/h13-19,22,25-30,37,41H,7-12,20-21,23-24,31-32H2,1-6H3. The Morgan fingerprint density at radius 3 is 1.98 bits per heavy atom. The molecule has 56 heavy (non-hydrogen) atoms. The molecule has 7 rings (SSSR count). The SMILES string of the molecule is CCCCc1ccc(N(Cc2ccc(-c3cc(OC)c(OC)c(OC)c3)nc2)C2CCN(Cc3ccnc(-c4cc(OC)c(C)c(C5CCC5)c4)c3)CC2)cc1. The van der Waals surface area contributed by atoms with Crippen LogP contribution >= 0.6 is 0 Å². The summed E-state index contributed by atoms with van der Waals surface area (Å²) in [5.74, 6) is 3.40. The molecule has 294 valence electrons. The summed E-state index contributed by atoms with van der Waals surface area (Å²) in [5.41, 5.74) is 11.8. The minimum Gasteiger partial charge on any atom is -0.496 e. The summed E-state index contributed by atoms with van der Waals surface area (Å²) < 4.78 is 22.6. The number of aromatic nitrogens is 2. The Bertz CT molecular complexity index is 2030. The molecule has 0 bridgehead atoms. The fourth-order valence-electron chi connectivity index (χ4n) is 8.37. The van der Waals surface area contributed by atoms with Crippen molar-refractivity contribution in [3.63, 3.8) is 0 Å². The van der Waals surface area contributed by atoms with E-state index in [1.807, 2.05) is 24.5 Å². The maximum atomic E-state index is 5.83. The Labute approximate surface area is 333 Å². The lowest BCUT2D eigenvalue weighted by Gasteiger charge is -2.40. The van der Waals surface area contributed by atoms with Gasteiger partial charge >= 0.3 is 0 Å². The van der Waals surface area contributed by atoms with Crippen LogP contribution in [0.3, 0.4) is 0 Å². The lowest BCUT2D eigenvalue weighted by molar-refractivity contribution is 0.201. The van der Waals surface area contributed by atoms with E-state index in [2.05, 4.69) is 84.3 Å². The van der Waals surface area contributed by atoms with E-state index in [0.717, 1.165) is 73.7 Å². The summed E-state index contributed by atoms with van der Waals surface area (Å²) in [6, 6.07) is 26.9. The molecular formula is C48H58N4O4. The van der Waals surface area contributed by atoms with Gasteiger partial charge in [-0.15, -0.1) is 0 Å². The molecule has 2 aliphatic rings. The number of unbranched alkanes of at least 4 members (excludes halogenated alkanes) is 1. The zero-order valence-electron chi connectivity index (χ0n) is 34.1. The van der Waals surface area contributed by atoms with Crippen LogP contribution in [0.4, 0.5) is 5.69 Å². The Kier molecular flexibility index (Phi) is 12.8. The average molecular weight is 755 g/mol. The number of piperidine rings is 1. The number of likely N-dealkylation sites (tertiary alicyclic amines) is 1. The van der Waals surface area contributed by atoms with Crippen LogP contribution in [0.5, 0.6) is 23.0 Å². The van der Waals surface area contributed by atoms with Gasteiger partial charge in [0, 0.05) is 61.4 Å². The third-order valence-electron chi connectivity index (χ3n) is 11.9. The van der Waals surface area contributed by atoms with Gasteiger partial charge in [-0.1, -0.05) is 38.0 Å². The topological polar surface area (TPSA) is 69.2 Å². The van der Waals surface area contributed by atoms with Gasteiger partial charge in [-0.3, -0.25) is 14.9 Å². The second-order valence-electron chi connectivity index (χ2n) is 15.4. The molecule has 8 heteroatoms. The number of benzene rings is 3. The first-order chi connectivity index (χ1) is 27.4. The van der Waals surface area contributed by atoms with E-state index in [0.29, 0.717) is 29.2 Å². The Balaban J connectivity index is 1.06. The van der Waals surface area contributed by atoms with Crippen LogP contribution < -0.4 is 23.8 Å². The van der Waals surface area contributed by atoms with Crippen LogP contribution in [0, 0.1) is 6.92 Å². The molecule has 2 aromatic heterocycles. The molecule has 1 aliphatic carbocycles. The Hall–Kier alpha value is -5.08. The number of aryl methyl sites for hydroxylation is 1. The maximum Gasteiger partial charge on any atom is 0.203 e. The smallest absolute Gasteiger partial charge is 0.203 e. The first-order valence-corrected chi connectivity index (χ1v) is 20.4. The highest BCUT2D eigenvalue weighted by molar-refractivity contribution is 5.69. The van der Waals surface area contributed by atoms with Crippen molar-refractivity contribution in [1.82, 2.24) is 14.9 Å². The van der Waals surface area contributed by atoms with Crippen LogP contribution in [0.1, 0.15) is 85.6 Å². The molecule has 0 amide bonds. The number of rotatable bonds is 16. The van der Waals surface area contributed by atoms with Gasteiger partial charge in [0.05, 0.1) is 39.8 Å². The minimum absolute atomic E-state index is 0.417. The number of hydrogen-bond acceptors (Lipinski definition) is 8. The molecule has 8 nitrogen and oxygen atoms in total. The van der Waals surface area contributed by atoms with Crippen LogP contribution in [0.15, 0.2) is 85.2 Å². The molecule has 3 heterocycles. The van der Waals surface area contributed by atoms with Crippen molar-refractivity contribution in [3.05, 3.63) is 113 Å². The molecule has 5 aromatic rings. The van der Waals surface area contributed by atoms with E-state index in [1.54, 1.807) is 28.4 Å². The number of pyridine rings is 2.